The van der Waals surface area contributed by atoms with E-state index in [4.69, 9.17) is 15.4 Å². The molecule has 0 saturated heterocycles. The van der Waals surface area contributed by atoms with Crippen molar-refractivity contribution in [3.05, 3.63) is 11.8 Å². The fourth-order valence-electron chi connectivity index (χ4n) is 1.40. The van der Waals surface area contributed by atoms with Gasteiger partial charge in [-0.25, -0.2) is 17.9 Å². The van der Waals surface area contributed by atoms with Crippen molar-refractivity contribution in [2.24, 2.45) is 0 Å². The van der Waals surface area contributed by atoms with Gasteiger partial charge in [0.2, 0.25) is 0 Å². The van der Waals surface area contributed by atoms with Crippen molar-refractivity contribution in [1.82, 2.24) is 9.78 Å². The number of carbonyl (C=O) groups is 1. The summed E-state index contributed by atoms with van der Waals surface area (Å²) >= 11 is 0. The Labute approximate surface area is 110 Å². The SMILES string of the molecule is CCOC(=O)c1cnn(C(C)(C)C)c1S(=O)(=O)Cl. The van der Waals surface area contributed by atoms with Crippen LogP contribution in [0.3, 0.4) is 0 Å². The third-order valence-electron chi connectivity index (χ3n) is 2.09. The summed E-state index contributed by atoms with van der Waals surface area (Å²) in [7, 11) is 1.27. The summed E-state index contributed by atoms with van der Waals surface area (Å²) in [5.74, 6) is -0.757. The van der Waals surface area contributed by atoms with Crippen molar-refractivity contribution in [2.45, 2.75) is 38.3 Å². The molecule has 0 N–H and O–H groups in total. The Bertz CT molecular complexity index is 557. The Balaban J connectivity index is 3.49. The molecule has 1 aromatic rings. The van der Waals surface area contributed by atoms with Gasteiger partial charge in [0.15, 0.2) is 5.03 Å². The number of rotatable bonds is 3. The molecule has 0 bridgehead atoms. The van der Waals surface area contributed by atoms with E-state index < -0.39 is 20.6 Å². The molecule has 6 nitrogen and oxygen atoms in total. The van der Waals surface area contributed by atoms with E-state index in [1.165, 1.54) is 4.68 Å². The van der Waals surface area contributed by atoms with Gasteiger partial charge in [0.05, 0.1) is 18.3 Å². The molecule has 0 aliphatic rings. The van der Waals surface area contributed by atoms with Gasteiger partial charge in [0.25, 0.3) is 9.05 Å². The molecular formula is C10H15ClN2O4S. The number of ether oxygens (including phenoxy) is 1. The molecule has 0 atom stereocenters. The van der Waals surface area contributed by atoms with E-state index in [1.54, 1.807) is 27.7 Å². The molecule has 0 amide bonds. The zero-order chi connectivity index (χ0) is 14.1. The topological polar surface area (TPSA) is 78.3 Å². The Morgan fingerprint density at radius 2 is 2.06 bits per heavy atom. The second kappa shape index (κ2) is 4.89. The molecule has 0 aliphatic carbocycles. The number of hydrogen-bond acceptors (Lipinski definition) is 5. The summed E-state index contributed by atoms with van der Waals surface area (Å²) in [5, 5.41) is 3.57. The summed E-state index contributed by atoms with van der Waals surface area (Å²) < 4.78 is 29.1. The molecule has 1 rings (SSSR count). The van der Waals surface area contributed by atoms with Crippen molar-refractivity contribution in [3.8, 4) is 0 Å². The third kappa shape index (κ3) is 3.02. The lowest BCUT2D eigenvalue weighted by atomic mass is 10.1. The maximum absolute atomic E-state index is 11.7. The van der Waals surface area contributed by atoms with Crippen LogP contribution >= 0.6 is 10.7 Å². The highest BCUT2D eigenvalue weighted by atomic mass is 35.7. The van der Waals surface area contributed by atoms with Gasteiger partial charge < -0.3 is 4.74 Å². The van der Waals surface area contributed by atoms with Crippen LogP contribution < -0.4 is 0 Å². The average molecular weight is 295 g/mol. The highest BCUT2D eigenvalue weighted by Gasteiger charge is 2.32. The Kier molecular flexibility index (Phi) is 4.07. The molecule has 1 aromatic heterocycles. The summed E-state index contributed by atoms with van der Waals surface area (Å²) in [5.41, 5.74) is -0.774. The lowest BCUT2D eigenvalue weighted by Crippen LogP contribution is -2.26. The van der Waals surface area contributed by atoms with E-state index >= 15 is 0 Å². The second-order valence-electron chi connectivity index (χ2n) is 4.60. The van der Waals surface area contributed by atoms with Gasteiger partial charge in [-0.2, -0.15) is 5.10 Å². The molecule has 1 heterocycles. The molecule has 0 radical (unpaired) electrons. The molecule has 0 aromatic carbocycles. The average Bonchev–Trinajstić information content (AvgIpc) is 2.60. The predicted octanol–water partition coefficient (Wildman–Crippen LogP) is 1.74. The zero-order valence-corrected chi connectivity index (χ0v) is 12.2. The van der Waals surface area contributed by atoms with Crippen LogP contribution in [0.2, 0.25) is 0 Å². The molecule has 0 unspecified atom stereocenters. The van der Waals surface area contributed by atoms with Gasteiger partial charge in [-0.3, -0.25) is 0 Å². The van der Waals surface area contributed by atoms with Crippen molar-refractivity contribution in [3.63, 3.8) is 0 Å². The van der Waals surface area contributed by atoms with Crippen LogP contribution in [0.5, 0.6) is 0 Å². The number of esters is 1. The summed E-state index contributed by atoms with van der Waals surface area (Å²) in [6, 6.07) is 0. The van der Waals surface area contributed by atoms with Gasteiger partial charge in [-0.15, -0.1) is 0 Å². The molecule has 102 valence electrons. The minimum absolute atomic E-state index is 0.140. The van der Waals surface area contributed by atoms with Gasteiger partial charge in [0, 0.05) is 10.7 Å². The highest BCUT2D eigenvalue weighted by molar-refractivity contribution is 8.13. The lowest BCUT2D eigenvalue weighted by Gasteiger charge is -2.21. The van der Waals surface area contributed by atoms with Crippen molar-refractivity contribution in [1.29, 1.82) is 0 Å². The van der Waals surface area contributed by atoms with E-state index in [-0.39, 0.29) is 17.2 Å². The van der Waals surface area contributed by atoms with E-state index in [9.17, 15) is 13.2 Å². The van der Waals surface area contributed by atoms with Gasteiger partial charge in [-0.1, -0.05) is 0 Å². The fourth-order valence-corrected chi connectivity index (χ4v) is 2.77. The molecule has 8 heteroatoms. The van der Waals surface area contributed by atoms with Crippen LogP contribution in [-0.4, -0.2) is 30.8 Å². The molecule has 0 fully saturated rings. The first-order valence-corrected chi connectivity index (χ1v) is 7.60. The molecule has 0 aliphatic heterocycles. The van der Waals surface area contributed by atoms with Crippen LogP contribution in [0, 0.1) is 0 Å². The Morgan fingerprint density at radius 3 is 2.44 bits per heavy atom. The largest absolute Gasteiger partial charge is 0.462 e. The number of aromatic nitrogens is 2. The summed E-state index contributed by atoms with van der Waals surface area (Å²) in [6.45, 7) is 7.02. The zero-order valence-electron chi connectivity index (χ0n) is 10.6. The number of halogens is 1. The summed E-state index contributed by atoms with van der Waals surface area (Å²) in [4.78, 5) is 11.7. The molecular weight excluding hydrogens is 280 g/mol. The lowest BCUT2D eigenvalue weighted by molar-refractivity contribution is 0.0521. The standard InChI is InChI=1S/C10H15ClN2O4S/c1-5-17-9(14)7-6-12-13(10(2,3)4)8(7)18(11,15)16/h6H,5H2,1-4H3. The van der Waals surface area contributed by atoms with Crippen LogP contribution in [0.25, 0.3) is 0 Å². The first kappa shape index (κ1) is 15.0. The quantitative estimate of drug-likeness (QED) is 0.627. The van der Waals surface area contributed by atoms with E-state index in [0.717, 1.165) is 6.20 Å². The molecule has 18 heavy (non-hydrogen) atoms. The minimum atomic E-state index is -4.10. The maximum Gasteiger partial charge on any atom is 0.342 e. The van der Waals surface area contributed by atoms with Crippen LogP contribution in [0.4, 0.5) is 0 Å². The predicted molar refractivity (Wildman–Crippen MR) is 66.2 cm³/mol. The fraction of sp³-hybridized carbons (Fsp3) is 0.600. The second-order valence-corrected chi connectivity index (χ2v) is 7.09. The normalized spacial score (nSPS) is 12.5. The van der Waals surface area contributed by atoms with E-state index in [2.05, 4.69) is 5.10 Å². The Hall–Kier alpha value is -1.08. The number of nitrogens with zero attached hydrogens (tertiary/aromatic N) is 2. The molecule has 0 spiro atoms. The number of carbonyl (C=O) groups excluding carboxylic acids is 1. The third-order valence-corrected chi connectivity index (χ3v) is 3.38. The van der Waals surface area contributed by atoms with Crippen molar-refractivity contribution in [2.75, 3.05) is 6.61 Å². The van der Waals surface area contributed by atoms with E-state index in [1.807, 2.05) is 0 Å². The monoisotopic (exact) mass is 294 g/mol. The van der Waals surface area contributed by atoms with Gasteiger partial charge in [0.1, 0.15) is 5.56 Å². The summed E-state index contributed by atoms with van der Waals surface area (Å²) in [6.07, 6.45) is 1.15. The number of hydrogen-bond donors (Lipinski definition) is 0. The van der Waals surface area contributed by atoms with Crippen LogP contribution in [-0.2, 0) is 19.3 Å². The molecule has 0 saturated carbocycles. The highest BCUT2D eigenvalue weighted by Crippen LogP contribution is 2.26. The van der Waals surface area contributed by atoms with Crippen molar-refractivity contribution < 1.29 is 17.9 Å². The first-order valence-electron chi connectivity index (χ1n) is 5.29. The minimum Gasteiger partial charge on any atom is -0.462 e. The smallest absolute Gasteiger partial charge is 0.342 e. The Morgan fingerprint density at radius 1 is 1.50 bits per heavy atom. The maximum atomic E-state index is 11.7. The first-order chi connectivity index (χ1) is 8.09. The van der Waals surface area contributed by atoms with Crippen LogP contribution in [0.1, 0.15) is 38.1 Å². The van der Waals surface area contributed by atoms with E-state index in [0.29, 0.717) is 0 Å². The van der Waals surface area contributed by atoms with Gasteiger partial charge >= 0.3 is 5.97 Å². The van der Waals surface area contributed by atoms with Gasteiger partial charge in [-0.05, 0) is 27.7 Å². The van der Waals surface area contributed by atoms with Crippen molar-refractivity contribution >= 4 is 25.7 Å². The van der Waals surface area contributed by atoms with Crippen LogP contribution in [0.15, 0.2) is 11.2 Å².